The molecule has 3 aromatic rings. The minimum Gasteiger partial charge on any atom is -0.0616 e. The van der Waals surface area contributed by atoms with Crippen LogP contribution in [-0.2, 0) is 21.7 Å². The van der Waals surface area contributed by atoms with E-state index < -0.39 is 0 Å². The van der Waals surface area contributed by atoms with Gasteiger partial charge in [-0.1, -0.05) is 136 Å². The molecule has 3 rings (SSSR count). The Morgan fingerprint density at radius 2 is 0.618 bits per heavy atom. The third-order valence-electron chi connectivity index (χ3n) is 6.43. The zero-order valence-electron chi connectivity index (χ0n) is 23.5. The third kappa shape index (κ3) is 5.83. The van der Waals surface area contributed by atoms with Crippen molar-refractivity contribution in [3.63, 3.8) is 0 Å². The maximum Gasteiger partial charge on any atom is 0.0143 e. The normalized spacial score (nSPS) is 14.8. The standard InChI is InChI=1S/C32H44P2/c1-29(2,3)21-15-13-16-22(30(4,5)6)27(21)33-25-19-20-26(25)34-28-23(31(7,8)9)17-14-18-24(28)32(10,11)12/h13-20H,1-12H3. The molecule has 0 amide bonds. The summed E-state index contributed by atoms with van der Waals surface area (Å²) in [5.41, 5.74) is 6.35. The van der Waals surface area contributed by atoms with Gasteiger partial charge in [-0.2, -0.15) is 0 Å². The lowest BCUT2D eigenvalue weighted by atomic mass is 9.80. The van der Waals surface area contributed by atoms with Gasteiger partial charge in [0.15, 0.2) is 0 Å². The van der Waals surface area contributed by atoms with Crippen LogP contribution in [0.25, 0.3) is 0 Å². The Morgan fingerprint density at radius 3 is 0.794 bits per heavy atom. The maximum absolute atomic E-state index is 2.34. The summed E-state index contributed by atoms with van der Waals surface area (Å²) in [6, 6.07) is 18.5. The predicted octanol–water partition coefficient (Wildman–Crippen LogP) is 9.36. The Labute approximate surface area is 212 Å². The van der Waals surface area contributed by atoms with Gasteiger partial charge in [-0.15, -0.1) is 0 Å². The van der Waals surface area contributed by atoms with Crippen LogP contribution in [0.4, 0.5) is 0 Å². The Balaban J connectivity index is 2.33. The lowest BCUT2D eigenvalue weighted by molar-refractivity contribution is 0.575. The van der Waals surface area contributed by atoms with Crippen molar-refractivity contribution in [1.82, 2.24) is 0 Å². The Morgan fingerprint density at radius 1 is 0.382 bits per heavy atom. The molecule has 0 nitrogen and oxygen atoms in total. The van der Waals surface area contributed by atoms with Crippen LogP contribution in [0, 0.1) is 9.88 Å². The molecule has 0 fully saturated rings. The van der Waals surface area contributed by atoms with E-state index in [-0.39, 0.29) is 21.7 Å². The molecular formula is C32H44P2. The fourth-order valence-corrected chi connectivity index (χ4v) is 7.99. The minimum absolute atomic E-state index is 0.119. The molecule has 0 aliphatic rings. The Hall–Kier alpha value is -1.48. The highest BCUT2D eigenvalue weighted by Crippen LogP contribution is 2.34. The number of benzene rings is 2. The highest BCUT2D eigenvalue weighted by atomic mass is 31.1. The average Bonchev–Trinajstić information content (AvgIpc) is 2.66. The van der Waals surface area contributed by atoms with Gasteiger partial charge in [-0.25, -0.2) is 0 Å². The second kappa shape index (κ2) is 9.19. The molecule has 3 aromatic carbocycles. The second-order valence-corrected chi connectivity index (χ2v) is 16.0. The van der Waals surface area contributed by atoms with Crippen LogP contribution in [0.5, 0.6) is 0 Å². The van der Waals surface area contributed by atoms with Crippen LogP contribution in [0.15, 0.2) is 48.5 Å². The SMILES string of the molecule is CC(C)(C)c1cccc(C(C)(C)C)c1P=c1ccc1=Pc1c(C(C)(C)C)cccc1C(C)(C)C. The molecule has 0 atom stereocenters. The summed E-state index contributed by atoms with van der Waals surface area (Å²) in [5, 5.41) is 2.99. The molecule has 182 valence electrons. The van der Waals surface area contributed by atoms with E-state index in [1.54, 1.807) is 0 Å². The molecule has 0 aromatic heterocycles. The van der Waals surface area contributed by atoms with Crippen molar-refractivity contribution in [3.8, 4) is 0 Å². The quantitative estimate of drug-likeness (QED) is 0.314. The van der Waals surface area contributed by atoms with Gasteiger partial charge in [0.25, 0.3) is 0 Å². The van der Waals surface area contributed by atoms with Gasteiger partial charge in [0.2, 0.25) is 0 Å². The molecule has 0 saturated carbocycles. The molecule has 2 heteroatoms. The fourth-order valence-electron chi connectivity index (χ4n) is 4.41. The van der Waals surface area contributed by atoms with Crippen molar-refractivity contribution in [2.24, 2.45) is 0 Å². The van der Waals surface area contributed by atoms with Gasteiger partial charge in [0.05, 0.1) is 0 Å². The third-order valence-corrected chi connectivity index (χ3v) is 9.28. The van der Waals surface area contributed by atoms with Gasteiger partial charge < -0.3 is 0 Å². The first kappa shape index (κ1) is 27.1. The first-order valence-corrected chi connectivity index (χ1v) is 14.3. The van der Waals surface area contributed by atoms with Crippen molar-refractivity contribution in [2.75, 3.05) is 0 Å². The van der Waals surface area contributed by atoms with E-state index in [0.29, 0.717) is 0 Å². The molecule has 0 aliphatic heterocycles. The largest absolute Gasteiger partial charge is 0.0616 e. The van der Waals surface area contributed by atoms with Crippen LogP contribution in [0.3, 0.4) is 0 Å². The van der Waals surface area contributed by atoms with Crippen LogP contribution in [-0.4, -0.2) is 0 Å². The van der Waals surface area contributed by atoms with Crippen molar-refractivity contribution in [1.29, 1.82) is 0 Å². The first-order valence-electron chi connectivity index (χ1n) is 12.5. The van der Waals surface area contributed by atoms with Gasteiger partial charge in [-0.05, 0) is 56.0 Å². The monoisotopic (exact) mass is 490 g/mol. The Kier molecular flexibility index (Phi) is 7.33. The van der Waals surface area contributed by atoms with Crippen LogP contribution < -0.4 is 10.6 Å². The van der Waals surface area contributed by atoms with E-state index in [2.05, 4.69) is 132 Å². The van der Waals surface area contributed by atoms with Crippen LogP contribution >= 0.6 is 16.4 Å². The highest BCUT2D eigenvalue weighted by molar-refractivity contribution is 7.42. The number of hydrogen-bond acceptors (Lipinski definition) is 0. The lowest BCUT2D eigenvalue weighted by Gasteiger charge is -2.29. The summed E-state index contributed by atoms with van der Waals surface area (Å²) in [5.74, 6) is 0. The average molecular weight is 491 g/mol. The smallest absolute Gasteiger partial charge is 0.0143 e. The highest BCUT2D eigenvalue weighted by Gasteiger charge is 2.26. The molecule has 34 heavy (non-hydrogen) atoms. The van der Waals surface area contributed by atoms with E-state index in [9.17, 15) is 0 Å². The maximum atomic E-state index is 2.34. The predicted molar refractivity (Wildman–Crippen MR) is 156 cm³/mol. The topological polar surface area (TPSA) is 0 Å². The molecule has 0 radical (unpaired) electrons. The molecule has 0 heterocycles. The van der Waals surface area contributed by atoms with Gasteiger partial charge in [0, 0.05) is 20.5 Å². The van der Waals surface area contributed by atoms with E-state index in [1.807, 2.05) is 0 Å². The van der Waals surface area contributed by atoms with Gasteiger partial charge >= 0.3 is 0 Å². The van der Waals surface area contributed by atoms with Crippen molar-refractivity contribution in [2.45, 2.75) is 105 Å². The molecule has 0 aliphatic carbocycles. The second-order valence-electron chi connectivity index (χ2n) is 13.7. The van der Waals surface area contributed by atoms with Gasteiger partial charge in [0.1, 0.15) is 0 Å². The van der Waals surface area contributed by atoms with E-state index in [4.69, 9.17) is 0 Å². The molecule has 0 saturated heterocycles. The summed E-state index contributed by atoms with van der Waals surface area (Å²) in [4.78, 5) is 2.93. The zero-order chi connectivity index (χ0) is 25.7. The zero-order valence-corrected chi connectivity index (χ0v) is 25.3. The van der Waals surface area contributed by atoms with Crippen LogP contribution in [0.2, 0.25) is 0 Å². The molecule has 0 spiro atoms. The van der Waals surface area contributed by atoms with Crippen LogP contribution in [0.1, 0.15) is 105 Å². The summed E-state index contributed by atoms with van der Waals surface area (Å²) in [6.07, 6.45) is 0. The summed E-state index contributed by atoms with van der Waals surface area (Å²) >= 11 is 0. The van der Waals surface area contributed by atoms with E-state index in [1.165, 1.54) is 59.1 Å². The fraction of sp³-hybridized carbons (Fsp3) is 0.500. The molecule has 0 bridgehead atoms. The summed E-state index contributed by atoms with van der Waals surface area (Å²) in [7, 11) is 2.67. The first-order chi connectivity index (χ1) is 15.4. The summed E-state index contributed by atoms with van der Waals surface area (Å²) < 4.78 is 0. The number of hydrogen-bond donors (Lipinski definition) is 0. The minimum atomic E-state index is 0.119. The lowest BCUT2D eigenvalue weighted by Crippen LogP contribution is -2.27. The van der Waals surface area contributed by atoms with Crippen molar-refractivity contribution < 1.29 is 0 Å². The van der Waals surface area contributed by atoms with E-state index >= 15 is 0 Å². The molecule has 0 N–H and O–H groups in total. The van der Waals surface area contributed by atoms with Crippen molar-refractivity contribution >= 4 is 27.0 Å². The van der Waals surface area contributed by atoms with Crippen molar-refractivity contribution in [3.05, 3.63) is 80.7 Å². The molecule has 0 unspecified atom stereocenters. The molecular weight excluding hydrogens is 446 g/mol. The Bertz CT molecular complexity index is 1100. The van der Waals surface area contributed by atoms with E-state index in [0.717, 1.165) is 0 Å². The summed E-state index contributed by atoms with van der Waals surface area (Å²) in [6.45, 7) is 28.1. The number of rotatable bonds is 2. The van der Waals surface area contributed by atoms with Gasteiger partial charge in [-0.3, -0.25) is 0 Å².